The van der Waals surface area contributed by atoms with E-state index in [1.807, 2.05) is 0 Å². The van der Waals surface area contributed by atoms with Gasteiger partial charge in [0.05, 0.1) is 19.9 Å². The Bertz CT molecular complexity index is 386. The van der Waals surface area contributed by atoms with E-state index in [1.165, 1.54) is 0 Å². The van der Waals surface area contributed by atoms with Gasteiger partial charge in [-0.3, -0.25) is 0 Å². The predicted octanol–water partition coefficient (Wildman–Crippen LogP) is 1.29. The molecule has 17 heavy (non-hydrogen) atoms. The van der Waals surface area contributed by atoms with Crippen molar-refractivity contribution in [2.24, 2.45) is 5.73 Å². The molecule has 0 aromatic carbocycles. The maximum absolute atomic E-state index is 5.62. The Balaban J connectivity index is 3.41. The molecule has 1 aromatic rings. The second-order valence-electron chi connectivity index (χ2n) is 4.84. The molecular formula is C12H21N3O2. The van der Waals surface area contributed by atoms with Gasteiger partial charge in [0.15, 0.2) is 0 Å². The van der Waals surface area contributed by atoms with Crippen LogP contribution in [0, 0.1) is 0 Å². The van der Waals surface area contributed by atoms with Gasteiger partial charge in [-0.1, -0.05) is 20.8 Å². The molecule has 0 aliphatic carbocycles. The minimum absolute atomic E-state index is 0.103. The summed E-state index contributed by atoms with van der Waals surface area (Å²) in [6, 6.07) is 0.326. The molecule has 5 nitrogen and oxygen atoms in total. The first-order chi connectivity index (χ1) is 7.93. The molecular weight excluding hydrogens is 218 g/mol. The van der Waals surface area contributed by atoms with Crippen LogP contribution in [0.2, 0.25) is 0 Å². The lowest BCUT2D eigenvalue weighted by molar-refractivity contribution is 0.341. The van der Waals surface area contributed by atoms with E-state index in [2.05, 4.69) is 30.7 Å². The van der Waals surface area contributed by atoms with Crippen LogP contribution in [0.25, 0.3) is 0 Å². The molecule has 1 rings (SSSR count). The quantitative estimate of drug-likeness (QED) is 0.857. The highest BCUT2D eigenvalue weighted by Crippen LogP contribution is 2.30. The van der Waals surface area contributed by atoms with Gasteiger partial charge in [0.25, 0.3) is 0 Å². The molecule has 96 valence electrons. The fourth-order valence-electron chi connectivity index (χ4n) is 1.69. The number of hydrogen-bond acceptors (Lipinski definition) is 5. The second-order valence-corrected chi connectivity index (χ2v) is 4.84. The van der Waals surface area contributed by atoms with Crippen molar-refractivity contribution in [2.45, 2.75) is 32.6 Å². The smallest absolute Gasteiger partial charge is 0.319 e. The number of ether oxygens (including phenoxy) is 2. The third kappa shape index (κ3) is 3.06. The van der Waals surface area contributed by atoms with Gasteiger partial charge in [-0.25, -0.2) is 0 Å². The van der Waals surface area contributed by atoms with Gasteiger partial charge in [0.2, 0.25) is 5.88 Å². The minimum Gasteiger partial charge on any atom is -0.481 e. The number of hydrogen-bond donors (Lipinski definition) is 1. The molecule has 0 spiro atoms. The normalized spacial score (nSPS) is 11.4. The van der Waals surface area contributed by atoms with Crippen molar-refractivity contribution in [2.75, 3.05) is 20.8 Å². The molecule has 0 fully saturated rings. The average Bonchev–Trinajstić information content (AvgIpc) is 2.28. The van der Waals surface area contributed by atoms with Crippen molar-refractivity contribution >= 4 is 0 Å². The van der Waals surface area contributed by atoms with E-state index in [-0.39, 0.29) is 5.41 Å². The van der Waals surface area contributed by atoms with E-state index in [4.69, 9.17) is 15.2 Å². The SMILES string of the molecule is COc1nc(OC)c(CCN)c(C(C)(C)C)n1. The van der Waals surface area contributed by atoms with Crippen LogP contribution in [0.1, 0.15) is 32.0 Å². The van der Waals surface area contributed by atoms with Gasteiger partial charge in [-0.15, -0.1) is 0 Å². The largest absolute Gasteiger partial charge is 0.481 e. The Morgan fingerprint density at radius 2 is 1.76 bits per heavy atom. The van der Waals surface area contributed by atoms with Crippen molar-refractivity contribution < 1.29 is 9.47 Å². The lowest BCUT2D eigenvalue weighted by Crippen LogP contribution is -2.20. The number of nitrogens with two attached hydrogens (primary N) is 1. The van der Waals surface area contributed by atoms with E-state index in [9.17, 15) is 0 Å². The Labute approximate surface area is 102 Å². The van der Waals surface area contributed by atoms with Crippen molar-refractivity contribution in [1.29, 1.82) is 0 Å². The van der Waals surface area contributed by atoms with E-state index in [0.29, 0.717) is 24.9 Å². The first kappa shape index (κ1) is 13.7. The topological polar surface area (TPSA) is 70.3 Å². The molecule has 0 radical (unpaired) electrons. The Hall–Kier alpha value is -1.36. The lowest BCUT2D eigenvalue weighted by atomic mass is 9.88. The van der Waals surface area contributed by atoms with Gasteiger partial charge >= 0.3 is 6.01 Å². The molecule has 1 aromatic heterocycles. The third-order valence-electron chi connectivity index (χ3n) is 2.43. The van der Waals surface area contributed by atoms with Crippen LogP contribution in [0.15, 0.2) is 0 Å². The van der Waals surface area contributed by atoms with Gasteiger partial charge in [-0.2, -0.15) is 9.97 Å². The summed E-state index contributed by atoms with van der Waals surface area (Å²) in [5.41, 5.74) is 7.41. The first-order valence-electron chi connectivity index (χ1n) is 5.63. The Morgan fingerprint density at radius 1 is 1.12 bits per heavy atom. The zero-order valence-electron chi connectivity index (χ0n) is 11.2. The van der Waals surface area contributed by atoms with E-state index in [0.717, 1.165) is 11.3 Å². The fourth-order valence-corrected chi connectivity index (χ4v) is 1.69. The van der Waals surface area contributed by atoms with Crippen LogP contribution in [0.3, 0.4) is 0 Å². The predicted molar refractivity (Wildman–Crippen MR) is 66.6 cm³/mol. The highest BCUT2D eigenvalue weighted by molar-refractivity contribution is 5.36. The molecule has 0 aliphatic heterocycles. The van der Waals surface area contributed by atoms with Crippen molar-refractivity contribution in [3.05, 3.63) is 11.3 Å². The standard InChI is InChI=1S/C12H21N3O2/c1-12(2,3)9-8(6-7-13)10(16-4)15-11(14-9)17-5/h6-7,13H2,1-5H3. The molecule has 0 saturated carbocycles. The summed E-state index contributed by atoms with van der Waals surface area (Å²) in [6.07, 6.45) is 0.694. The van der Waals surface area contributed by atoms with Gasteiger partial charge in [0, 0.05) is 11.0 Å². The summed E-state index contributed by atoms with van der Waals surface area (Å²) in [5.74, 6) is 0.548. The molecule has 0 saturated heterocycles. The fraction of sp³-hybridized carbons (Fsp3) is 0.667. The van der Waals surface area contributed by atoms with Crippen LogP contribution >= 0.6 is 0 Å². The molecule has 1 heterocycles. The van der Waals surface area contributed by atoms with Gasteiger partial charge in [0.1, 0.15) is 0 Å². The van der Waals surface area contributed by atoms with E-state index in [1.54, 1.807) is 14.2 Å². The number of methoxy groups -OCH3 is 2. The summed E-state index contributed by atoms with van der Waals surface area (Å²) >= 11 is 0. The number of aromatic nitrogens is 2. The summed E-state index contributed by atoms with van der Waals surface area (Å²) in [5, 5.41) is 0. The average molecular weight is 239 g/mol. The summed E-state index contributed by atoms with van der Waals surface area (Å²) in [7, 11) is 3.14. The van der Waals surface area contributed by atoms with Crippen LogP contribution in [-0.2, 0) is 11.8 Å². The van der Waals surface area contributed by atoms with Crippen LogP contribution < -0.4 is 15.2 Å². The van der Waals surface area contributed by atoms with E-state index < -0.39 is 0 Å². The van der Waals surface area contributed by atoms with Crippen molar-refractivity contribution in [3.63, 3.8) is 0 Å². The number of nitrogens with zero attached hydrogens (tertiary/aromatic N) is 2. The van der Waals surface area contributed by atoms with Gasteiger partial charge < -0.3 is 15.2 Å². The van der Waals surface area contributed by atoms with Crippen LogP contribution in [-0.4, -0.2) is 30.7 Å². The molecule has 0 aliphatic rings. The third-order valence-corrected chi connectivity index (χ3v) is 2.43. The number of rotatable bonds is 4. The molecule has 0 atom stereocenters. The first-order valence-corrected chi connectivity index (χ1v) is 5.63. The minimum atomic E-state index is -0.103. The van der Waals surface area contributed by atoms with Gasteiger partial charge in [-0.05, 0) is 13.0 Å². The van der Waals surface area contributed by atoms with Crippen molar-refractivity contribution in [1.82, 2.24) is 9.97 Å². The molecule has 0 unspecified atom stereocenters. The zero-order valence-corrected chi connectivity index (χ0v) is 11.2. The highest BCUT2D eigenvalue weighted by atomic mass is 16.5. The highest BCUT2D eigenvalue weighted by Gasteiger charge is 2.24. The summed E-state index contributed by atoms with van der Waals surface area (Å²) < 4.78 is 10.4. The zero-order chi connectivity index (χ0) is 13.1. The van der Waals surface area contributed by atoms with Crippen LogP contribution in [0.4, 0.5) is 0 Å². The van der Waals surface area contributed by atoms with Crippen LogP contribution in [0.5, 0.6) is 11.9 Å². The summed E-state index contributed by atoms with van der Waals surface area (Å²) in [4.78, 5) is 8.61. The Kier molecular flexibility index (Phi) is 4.28. The molecule has 5 heteroatoms. The lowest BCUT2D eigenvalue weighted by Gasteiger charge is -2.23. The molecule has 2 N–H and O–H groups in total. The molecule has 0 amide bonds. The maximum atomic E-state index is 5.62. The second kappa shape index (κ2) is 5.31. The monoisotopic (exact) mass is 239 g/mol. The molecule has 0 bridgehead atoms. The summed E-state index contributed by atoms with van der Waals surface area (Å²) in [6.45, 7) is 6.81. The van der Waals surface area contributed by atoms with Crippen molar-refractivity contribution in [3.8, 4) is 11.9 Å². The van der Waals surface area contributed by atoms with E-state index >= 15 is 0 Å². The Morgan fingerprint density at radius 3 is 2.18 bits per heavy atom. The maximum Gasteiger partial charge on any atom is 0.319 e.